The van der Waals surface area contributed by atoms with Crippen molar-refractivity contribution in [3.63, 3.8) is 0 Å². The van der Waals surface area contributed by atoms with Gasteiger partial charge in [-0.1, -0.05) is 6.92 Å². The largest absolute Gasteiger partial charge is 0.393 e. The summed E-state index contributed by atoms with van der Waals surface area (Å²) < 4.78 is 5.27. The van der Waals surface area contributed by atoms with Crippen LogP contribution in [0.25, 0.3) is 0 Å². The van der Waals surface area contributed by atoms with E-state index in [4.69, 9.17) is 4.74 Å². The highest BCUT2D eigenvalue weighted by Gasteiger charge is 2.32. The first kappa shape index (κ1) is 13.8. The Morgan fingerprint density at radius 3 is 2.61 bits per heavy atom. The van der Waals surface area contributed by atoms with Crippen molar-refractivity contribution in [2.45, 2.75) is 32.4 Å². The van der Waals surface area contributed by atoms with Crippen LogP contribution in [0.2, 0.25) is 0 Å². The number of aliphatic hydroxyl groups excluding tert-OH is 1. The number of ether oxygens (including phenoxy) is 1. The van der Waals surface area contributed by atoms with E-state index in [1.54, 1.807) is 0 Å². The molecular weight excluding hydrogens is 232 g/mol. The van der Waals surface area contributed by atoms with Crippen LogP contribution in [0.5, 0.6) is 0 Å². The molecule has 5 nitrogen and oxygen atoms in total. The van der Waals surface area contributed by atoms with Crippen molar-refractivity contribution in [3.8, 4) is 0 Å². The highest BCUT2D eigenvalue weighted by atomic mass is 16.5. The van der Waals surface area contributed by atoms with Gasteiger partial charge in [0.15, 0.2) is 0 Å². The molecule has 2 heterocycles. The fourth-order valence-electron chi connectivity index (χ4n) is 2.72. The summed E-state index contributed by atoms with van der Waals surface area (Å²) in [5.41, 5.74) is 0. The van der Waals surface area contributed by atoms with E-state index in [0.29, 0.717) is 26.3 Å². The molecule has 2 aliphatic rings. The molecule has 0 aromatic rings. The van der Waals surface area contributed by atoms with Gasteiger partial charge in [-0.2, -0.15) is 0 Å². The number of carbonyl (C=O) groups is 1. The Morgan fingerprint density at radius 2 is 2.00 bits per heavy atom. The average molecular weight is 256 g/mol. The number of hydrogen-bond donors (Lipinski definition) is 1. The number of hydrogen-bond acceptors (Lipinski definition) is 4. The Balaban J connectivity index is 1.89. The van der Waals surface area contributed by atoms with Crippen molar-refractivity contribution in [1.82, 2.24) is 9.80 Å². The molecule has 0 aromatic heterocycles. The first-order valence-electron chi connectivity index (χ1n) is 6.88. The van der Waals surface area contributed by atoms with Crippen LogP contribution < -0.4 is 0 Å². The van der Waals surface area contributed by atoms with Gasteiger partial charge >= 0.3 is 0 Å². The van der Waals surface area contributed by atoms with Gasteiger partial charge < -0.3 is 14.7 Å². The van der Waals surface area contributed by atoms with E-state index in [1.165, 1.54) is 0 Å². The van der Waals surface area contributed by atoms with Gasteiger partial charge in [0.2, 0.25) is 5.91 Å². The van der Waals surface area contributed by atoms with E-state index in [9.17, 15) is 9.90 Å². The first-order chi connectivity index (χ1) is 8.59. The van der Waals surface area contributed by atoms with Crippen LogP contribution in [0.1, 0.15) is 20.3 Å². The lowest BCUT2D eigenvalue weighted by atomic mass is 9.95. The number of piperidine rings is 1. The topological polar surface area (TPSA) is 53.0 Å². The molecular formula is C13H24N2O3. The molecule has 0 saturated carbocycles. The zero-order valence-electron chi connectivity index (χ0n) is 11.3. The second-order valence-electron chi connectivity index (χ2n) is 5.44. The Labute approximate surface area is 109 Å². The van der Waals surface area contributed by atoms with Crippen molar-refractivity contribution in [2.24, 2.45) is 5.92 Å². The molecule has 0 radical (unpaired) electrons. The van der Waals surface area contributed by atoms with Crippen LogP contribution in [-0.4, -0.2) is 72.4 Å². The molecule has 2 rings (SSSR count). The van der Waals surface area contributed by atoms with E-state index in [2.05, 4.69) is 4.90 Å². The molecule has 3 unspecified atom stereocenters. The summed E-state index contributed by atoms with van der Waals surface area (Å²) in [4.78, 5) is 16.4. The third-order valence-corrected chi connectivity index (χ3v) is 4.12. The zero-order chi connectivity index (χ0) is 13.1. The minimum Gasteiger partial charge on any atom is -0.393 e. The van der Waals surface area contributed by atoms with Crippen LogP contribution in [0.3, 0.4) is 0 Å². The molecule has 2 aliphatic heterocycles. The molecule has 5 heteroatoms. The van der Waals surface area contributed by atoms with E-state index in [0.717, 1.165) is 19.5 Å². The maximum Gasteiger partial charge on any atom is 0.239 e. The lowest BCUT2D eigenvalue weighted by Gasteiger charge is -2.39. The maximum absolute atomic E-state index is 12.4. The Hall–Kier alpha value is -0.650. The Kier molecular flexibility index (Phi) is 4.59. The predicted molar refractivity (Wildman–Crippen MR) is 68.2 cm³/mol. The Morgan fingerprint density at radius 1 is 1.33 bits per heavy atom. The molecule has 0 spiro atoms. The van der Waals surface area contributed by atoms with Crippen molar-refractivity contribution in [1.29, 1.82) is 0 Å². The molecule has 18 heavy (non-hydrogen) atoms. The molecule has 3 atom stereocenters. The second kappa shape index (κ2) is 5.99. The third kappa shape index (κ3) is 3.02. The van der Waals surface area contributed by atoms with Crippen molar-refractivity contribution in [3.05, 3.63) is 0 Å². The van der Waals surface area contributed by atoms with Crippen LogP contribution in [0.15, 0.2) is 0 Å². The van der Waals surface area contributed by atoms with Gasteiger partial charge in [-0.25, -0.2) is 0 Å². The Bertz CT molecular complexity index is 292. The smallest absolute Gasteiger partial charge is 0.239 e. The summed E-state index contributed by atoms with van der Waals surface area (Å²) in [6.45, 7) is 8.33. The number of carbonyl (C=O) groups excluding carboxylic acids is 1. The summed E-state index contributed by atoms with van der Waals surface area (Å²) in [6, 6.07) is -0.0851. The van der Waals surface area contributed by atoms with E-state index < -0.39 is 0 Å². The highest BCUT2D eigenvalue weighted by molar-refractivity contribution is 5.81. The van der Waals surface area contributed by atoms with Crippen molar-refractivity contribution >= 4 is 5.91 Å². The molecule has 1 N–H and O–H groups in total. The monoisotopic (exact) mass is 256 g/mol. The number of morpholine rings is 1. The minimum atomic E-state index is -0.216. The van der Waals surface area contributed by atoms with Crippen LogP contribution in [-0.2, 0) is 9.53 Å². The standard InChI is InChI=1S/C13H24N2O3/c1-10-9-15(4-3-12(10)16)11(2)13(17)14-5-7-18-8-6-14/h10-12,16H,3-9H2,1-2H3. The van der Waals surface area contributed by atoms with E-state index >= 15 is 0 Å². The SMILES string of the molecule is CC1CN(C(C)C(=O)N2CCOCC2)CCC1O. The molecule has 0 aromatic carbocycles. The van der Waals surface area contributed by atoms with E-state index in [1.807, 2.05) is 18.7 Å². The van der Waals surface area contributed by atoms with Gasteiger partial charge in [-0.15, -0.1) is 0 Å². The number of likely N-dealkylation sites (tertiary alicyclic amines) is 1. The van der Waals surface area contributed by atoms with Gasteiger partial charge in [-0.3, -0.25) is 9.69 Å². The summed E-state index contributed by atoms with van der Waals surface area (Å²) in [7, 11) is 0. The number of amides is 1. The van der Waals surface area contributed by atoms with Crippen molar-refractivity contribution < 1.29 is 14.6 Å². The van der Waals surface area contributed by atoms with Gasteiger partial charge in [0, 0.05) is 26.2 Å². The second-order valence-corrected chi connectivity index (χ2v) is 5.44. The van der Waals surface area contributed by atoms with Crippen LogP contribution >= 0.6 is 0 Å². The molecule has 104 valence electrons. The summed E-state index contributed by atoms with van der Waals surface area (Å²) in [5, 5.41) is 9.73. The molecule has 0 aliphatic carbocycles. The highest BCUT2D eigenvalue weighted by Crippen LogP contribution is 2.19. The molecule has 2 fully saturated rings. The molecule has 2 saturated heterocycles. The predicted octanol–water partition coefficient (Wildman–Crippen LogP) is -0.0636. The first-order valence-corrected chi connectivity index (χ1v) is 6.88. The number of rotatable bonds is 2. The lowest BCUT2D eigenvalue weighted by Crippen LogP contribution is -2.54. The van der Waals surface area contributed by atoms with Crippen LogP contribution in [0, 0.1) is 5.92 Å². The quantitative estimate of drug-likeness (QED) is 0.752. The normalized spacial score (nSPS) is 32.3. The summed E-state index contributed by atoms with van der Waals surface area (Å²) in [6.07, 6.45) is 0.550. The van der Waals surface area contributed by atoms with Crippen molar-refractivity contribution in [2.75, 3.05) is 39.4 Å². The molecule has 1 amide bonds. The number of nitrogens with zero attached hydrogens (tertiary/aromatic N) is 2. The van der Waals surface area contributed by atoms with Gasteiger partial charge in [0.25, 0.3) is 0 Å². The summed E-state index contributed by atoms with van der Waals surface area (Å²) in [5.74, 6) is 0.445. The maximum atomic E-state index is 12.4. The van der Waals surface area contributed by atoms with Gasteiger partial charge in [0.1, 0.15) is 0 Å². The molecule has 0 bridgehead atoms. The fraction of sp³-hybridized carbons (Fsp3) is 0.923. The average Bonchev–Trinajstić information content (AvgIpc) is 2.41. The van der Waals surface area contributed by atoms with Gasteiger partial charge in [0.05, 0.1) is 25.4 Å². The van der Waals surface area contributed by atoms with Crippen LogP contribution in [0.4, 0.5) is 0 Å². The lowest BCUT2D eigenvalue weighted by molar-refractivity contribution is -0.142. The van der Waals surface area contributed by atoms with Gasteiger partial charge in [-0.05, 0) is 19.3 Å². The zero-order valence-corrected chi connectivity index (χ0v) is 11.3. The van der Waals surface area contributed by atoms with E-state index in [-0.39, 0.29) is 24.0 Å². The minimum absolute atomic E-state index is 0.0851. The number of aliphatic hydroxyl groups is 1. The third-order valence-electron chi connectivity index (χ3n) is 4.12. The fourth-order valence-corrected chi connectivity index (χ4v) is 2.72. The summed E-state index contributed by atoms with van der Waals surface area (Å²) >= 11 is 0.